The Morgan fingerprint density at radius 2 is 1.95 bits per heavy atom. The van der Waals surface area contributed by atoms with Crippen molar-refractivity contribution in [3.63, 3.8) is 0 Å². The zero-order chi connectivity index (χ0) is 13.2. The van der Waals surface area contributed by atoms with Gasteiger partial charge in [0.05, 0.1) is 0 Å². The fourth-order valence-corrected chi connectivity index (χ4v) is 3.87. The highest BCUT2D eigenvalue weighted by molar-refractivity contribution is 5.47. The van der Waals surface area contributed by atoms with E-state index in [4.69, 9.17) is 5.73 Å². The maximum atomic E-state index is 13.9. The van der Waals surface area contributed by atoms with Crippen molar-refractivity contribution in [2.75, 3.05) is 12.3 Å². The van der Waals surface area contributed by atoms with Gasteiger partial charge >= 0.3 is 0 Å². The predicted octanol–water partition coefficient (Wildman–Crippen LogP) is 3.56. The van der Waals surface area contributed by atoms with Gasteiger partial charge in [-0.1, -0.05) is 18.9 Å². The molecule has 104 valence electrons. The summed E-state index contributed by atoms with van der Waals surface area (Å²) in [7, 11) is 0. The number of nitrogen functional groups attached to an aromatic ring is 1. The fourth-order valence-electron chi connectivity index (χ4n) is 3.87. The van der Waals surface area contributed by atoms with Gasteiger partial charge in [0.1, 0.15) is 5.82 Å². The molecule has 19 heavy (non-hydrogen) atoms. The Balaban J connectivity index is 1.78. The number of nitrogens with two attached hydrogens (primary N) is 1. The van der Waals surface area contributed by atoms with Crippen LogP contribution in [0.25, 0.3) is 0 Å². The molecule has 2 atom stereocenters. The second-order valence-electron chi connectivity index (χ2n) is 6.03. The molecule has 1 heterocycles. The Kier molecular flexibility index (Phi) is 3.74. The van der Waals surface area contributed by atoms with E-state index >= 15 is 0 Å². The number of likely N-dealkylation sites (tertiary alicyclic amines) is 1. The fraction of sp³-hybridized carbons (Fsp3) is 0.625. The lowest BCUT2D eigenvalue weighted by atomic mass is 9.78. The molecule has 0 amide bonds. The van der Waals surface area contributed by atoms with E-state index in [0.717, 1.165) is 12.5 Å². The third kappa shape index (κ3) is 2.62. The average Bonchev–Trinajstić information content (AvgIpc) is 2.43. The van der Waals surface area contributed by atoms with Crippen LogP contribution in [0.4, 0.5) is 10.1 Å². The number of anilines is 1. The van der Waals surface area contributed by atoms with Crippen molar-refractivity contribution in [1.29, 1.82) is 0 Å². The minimum absolute atomic E-state index is 0.155. The summed E-state index contributed by atoms with van der Waals surface area (Å²) in [6, 6.07) is 5.67. The van der Waals surface area contributed by atoms with Crippen molar-refractivity contribution >= 4 is 5.69 Å². The molecule has 1 saturated heterocycles. The van der Waals surface area contributed by atoms with Crippen LogP contribution in [0.2, 0.25) is 0 Å². The second-order valence-corrected chi connectivity index (χ2v) is 6.03. The Hall–Kier alpha value is -1.09. The minimum atomic E-state index is -0.155. The Morgan fingerprint density at radius 1 is 1.16 bits per heavy atom. The van der Waals surface area contributed by atoms with Gasteiger partial charge in [0.15, 0.2) is 0 Å². The van der Waals surface area contributed by atoms with Crippen LogP contribution in [-0.2, 0) is 6.54 Å². The number of halogens is 1. The largest absolute Gasteiger partial charge is 0.398 e. The van der Waals surface area contributed by atoms with Crippen molar-refractivity contribution < 1.29 is 4.39 Å². The maximum absolute atomic E-state index is 13.9. The van der Waals surface area contributed by atoms with Gasteiger partial charge in [-0.05, 0) is 50.3 Å². The molecule has 2 fully saturated rings. The molecule has 1 aromatic rings. The quantitative estimate of drug-likeness (QED) is 0.826. The van der Waals surface area contributed by atoms with Crippen molar-refractivity contribution in [3.8, 4) is 0 Å². The predicted molar refractivity (Wildman–Crippen MR) is 76.2 cm³/mol. The Labute approximate surface area is 114 Å². The molecule has 0 radical (unpaired) electrons. The van der Waals surface area contributed by atoms with Crippen LogP contribution in [0.5, 0.6) is 0 Å². The van der Waals surface area contributed by atoms with E-state index in [1.807, 2.05) is 0 Å². The van der Waals surface area contributed by atoms with E-state index in [1.54, 1.807) is 12.1 Å². The summed E-state index contributed by atoms with van der Waals surface area (Å²) in [5.41, 5.74) is 7.22. The lowest BCUT2D eigenvalue weighted by Gasteiger charge is -2.44. The number of nitrogens with zero attached hydrogens (tertiary/aromatic N) is 1. The molecule has 2 aliphatic rings. The van der Waals surface area contributed by atoms with E-state index in [0.29, 0.717) is 23.8 Å². The third-order valence-electron chi connectivity index (χ3n) is 4.87. The van der Waals surface area contributed by atoms with Crippen molar-refractivity contribution in [2.24, 2.45) is 5.92 Å². The monoisotopic (exact) mass is 262 g/mol. The molecule has 0 spiro atoms. The molecule has 1 aliphatic carbocycles. The third-order valence-corrected chi connectivity index (χ3v) is 4.87. The topological polar surface area (TPSA) is 29.3 Å². The molecule has 1 saturated carbocycles. The summed E-state index contributed by atoms with van der Waals surface area (Å²) in [4.78, 5) is 2.47. The number of fused-ring (bicyclic) bond motifs is 1. The molecule has 2 nitrogen and oxygen atoms in total. The number of piperidine rings is 1. The standard InChI is InChI=1S/C16H23FN2/c17-14-7-3-8-15(18)13(14)11-19-10-4-6-12-5-1-2-9-16(12)19/h3,7-8,12,16H,1-2,4-6,9-11,18H2. The summed E-state index contributed by atoms with van der Waals surface area (Å²) < 4.78 is 13.9. The Morgan fingerprint density at radius 3 is 2.79 bits per heavy atom. The van der Waals surface area contributed by atoms with Crippen LogP contribution in [0.3, 0.4) is 0 Å². The van der Waals surface area contributed by atoms with Crippen LogP contribution >= 0.6 is 0 Å². The molecule has 1 aromatic carbocycles. The summed E-state index contributed by atoms with van der Waals surface area (Å²) in [6.07, 6.45) is 7.93. The van der Waals surface area contributed by atoms with Crippen molar-refractivity contribution in [1.82, 2.24) is 4.90 Å². The molecule has 0 aromatic heterocycles. The molecular formula is C16H23FN2. The van der Waals surface area contributed by atoms with Gasteiger partial charge in [-0.15, -0.1) is 0 Å². The summed E-state index contributed by atoms with van der Waals surface area (Å²) in [6.45, 7) is 1.77. The first-order valence-electron chi connectivity index (χ1n) is 7.52. The van der Waals surface area contributed by atoms with Gasteiger partial charge in [-0.3, -0.25) is 4.90 Å². The summed E-state index contributed by atoms with van der Waals surface area (Å²) in [5.74, 6) is 0.674. The van der Waals surface area contributed by atoms with Crippen LogP contribution in [0, 0.1) is 11.7 Å². The van der Waals surface area contributed by atoms with E-state index in [1.165, 1.54) is 44.6 Å². The molecule has 3 heteroatoms. The van der Waals surface area contributed by atoms with E-state index in [9.17, 15) is 4.39 Å². The van der Waals surface area contributed by atoms with Crippen LogP contribution < -0.4 is 5.73 Å². The molecule has 2 unspecified atom stereocenters. The average molecular weight is 262 g/mol. The van der Waals surface area contributed by atoms with Gasteiger partial charge < -0.3 is 5.73 Å². The van der Waals surface area contributed by atoms with Crippen LogP contribution in [0.1, 0.15) is 44.1 Å². The first-order valence-corrected chi connectivity index (χ1v) is 7.52. The van der Waals surface area contributed by atoms with Gasteiger partial charge in [-0.25, -0.2) is 4.39 Å². The van der Waals surface area contributed by atoms with E-state index in [2.05, 4.69) is 4.90 Å². The number of benzene rings is 1. The maximum Gasteiger partial charge on any atom is 0.129 e. The molecule has 1 aliphatic heterocycles. The number of hydrogen-bond acceptors (Lipinski definition) is 2. The highest BCUT2D eigenvalue weighted by Crippen LogP contribution is 2.36. The van der Waals surface area contributed by atoms with Crippen LogP contribution in [0.15, 0.2) is 18.2 Å². The lowest BCUT2D eigenvalue weighted by molar-refractivity contribution is 0.0540. The second kappa shape index (κ2) is 5.49. The van der Waals surface area contributed by atoms with Gasteiger partial charge in [0.25, 0.3) is 0 Å². The first-order chi connectivity index (χ1) is 9.25. The first kappa shape index (κ1) is 12.9. The summed E-state index contributed by atoms with van der Waals surface area (Å²) in [5, 5.41) is 0. The minimum Gasteiger partial charge on any atom is -0.398 e. The zero-order valence-corrected chi connectivity index (χ0v) is 11.4. The lowest BCUT2D eigenvalue weighted by Crippen LogP contribution is -2.46. The highest BCUT2D eigenvalue weighted by Gasteiger charge is 2.33. The molecular weight excluding hydrogens is 239 g/mol. The number of hydrogen-bond donors (Lipinski definition) is 1. The highest BCUT2D eigenvalue weighted by atomic mass is 19.1. The van der Waals surface area contributed by atoms with Crippen molar-refractivity contribution in [2.45, 2.75) is 51.1 Å². The Bertz CT molecular complexity index is 424. The van der Waals surface area contributed by atoms with Gasteiger partial charge in [0, 0.05) is 23.8 Å². The van der Waals surface area contributed by atoms with Gasteiger partial charge in [-0.2, -0.15) is 0 Å². The zero-order valence-electron chi connectivity index (χ0n) is 11.4. The van der Waals surface area contributed by atoms with E-state index in [-0.39, 0.29) is 5.82 Å². The van der Waals surface area contributed by atoms with Crippen LogP contribution in [-0.4, -0.2) is 17.5 Å². The smallest absolute Gasteiger partial charge is 0.129 e. The van der Waals surface area contributed by atoms with E-state index < -0.39 is 0 Å². The molecule has 2 N–H and O–H groups in total. The molecule has 3 rings (SSSR count). The van der Waals surface area contributed by atoms with Gasteiger partial charge in [0.2, 0.25) is 0 Å². The normalized spacial score (nSPS) is 28.1. The molecule has 0 bridgehead atoms. The SMILES string of the molecule is Nc1cccc(F)c1CN1CCCC2CCCCC21. The van der Waals surface area contributed by atoms with Crippen molar-refractivity contribution in [3.05, 3.63) is 29.6 Å². The summed E-state index contributed by atoms with van der Waals surface area (Å²) >= 11 is 0. The number of rotatable bonds is 2.